The van der Waals surface area contributed by atoms with Gasteiger partial charge >= 0.3 is 0 Å². The highest BCUT2D eigenvalue weighted by Gasteiger charge is 2.14. The number of ketones is 1. The molecule has 5 heteroatoms. The number of carbonyl (C=O) groups is 1. The molecule has 0 saturated heterocycles. The van der Waals surface area contributed by atoms with E-state index < -0.39 is 0 Å². The molecular weight excluding hydrogens is 388 g/mol. The number of hydrogen-bond donors (Lipinski definition) is 0. The Morgan fingerprint density at radius 3 is 2.06 bits per heavy atom. The Morgan fingerprint density at radius 1 is 0.839 bits per heavy atom. The van der Waals surface area contributed by atoms with Crippen molar-refractivity contribution in [2.24, 2.45) is 7.05 Å². The summed E-state index contributed by atoms with van der Waals surface area (Å²) in [6, 6.07) is 25.8. The van der Waals surface area contributed by atoms with E-state index in [1.54, 1.807) is 39.7 Å². The summed E-state index contributed by atoms with van der Waals surface area (Å²) in [7, 11) is 1.83. The summed E-state index contributed by atoms with van der Waals surface area (Å²) in [6.07, 6.45) is 3.03. The number of carbonyl (C=O) groups excluding carboxylic acids is 1. The summed E-state index contributed by atoms with van der Waals surface area (Å²) in [5.74, 6) is 1.20. The second-order valence-electron chi connectivity index (χ2n) is 7.11. The maximum atomic E-state index is 12.9. The molecule has 154 valence electrons. The molecule has 0 bridgehead atoms. The Hall–Kier alpha value is -4.12. The van der Waals surface area contributed by atoms with Gasteiger partial charge in [-0.1, -0.05) is 36.4 Å². The van der Waals surface area contributed by atoms with Crippen molar-refractivity contribution in [3.63, 3.8) is 0 Å². The number of para-hydroxylation sites is 2. The molecule has 0 fully saturated rings. The molecule has 31 heavy (non-hydrogen) atoms. The van der Waals surface area contributed by atoms with Gasteiger partial charge in [-0.05, 0) is 67.6 Å². The number of aromatic nitrogens is 2. The van der Waals surface area contributed by atoms with Crippen LogP contribution in [-0.4, -0.2) is 15.1 Å². The van der Waals surface area contributed by atoms with Crippen LogP contribution in [0.1, 0.15) is 21.6 Å². The van der Waals surface area contributed by atoms with Crippen LogP contribution < -0.4 is 10.3 Å². The van der Waals surface area contributed by atoms with Gasteiger partial charge in [-0.25, -0.2) is 4.68 Å². The minimum absolute atomic E-state index is 0.165. The van der Waals surface area contributed by atoms with E-state index in [0.29, 0.717) is 16.9 Å². The molecule has 0 radical (unpaired) electrons. The van der Waals surface area contributed by atoms with Crippen LogP contribution in [0.2, 0.25) is 0 Å². The third-order valence-corrected chi connectivity index (χ3v) is 5.12. The summed E-state index contributed by atoms with van der Waals surface area (Å²) in [5, 5.41) is 0. The van der Waals surface area contributed by atoms with Crippen molar-refractivity contribution in [2.45, 2.75) is 6.92 Å². The lowest BCUT2D eigenvalue weighted by Gasteiger charge is -2.07. The summed E-state index contributed by atoms with van der Waals surface area (Å²) in [6.45, 7) is 1.86. The summed E-state index contributed by atoms with van der Waals surface area (Å²) in [4.78, 5) is 25.6. The third kappa shape index (κ3) is 4.26. The standard InChI is InChI=1S/C26H22N2O3/c1-19-24(26(30)28(27(19)2)21-9-5-3-6-10-21)17-18-25(29)20-13-15-23(16-14-20)31-22-11-7-4-8-12-22/h3-18H,1-2H3/b18-17+. The molecule has 0 aliphatic heterocycles. The van der Waals surface area contributed by atoms with Crippen molar-refractivity contribution in [2.75, 3.05) is 0 Å². The predicted molar refractivity (Wildman–Crippen MR) is 122 cm³/mol. The smallest absolute Gasteiger partial charge is 0.278 e. The van der Waals surface area contributed by atoms with Crippen LogP contribution in [0.25, 0.3) is 11.8 Å². The molecule has 0 spiro atoms. The molecule has 1 aromatic heterocycles. The first kappa shape index (κ1) is 20.2. The lowest BCUT2D eigenvalue weighted by atomic mass is 10.1. The number of rotatable bonds is 6. The van der Waals surface area contributed by atoms with Gasteiger partial charge in [0.15, 0.2) is 5.78 Å². The van der Waals surface area contributed by atoms with E-state index in [-0.39, 0.29) is 11.3 Å². The molecule has 0 saturated carbocycles. The number of nitrogens with zero attached hydrogens (tertiary/aromatic N) is 2. The number of benzene rings is 3. The summed E-state index contributed by atoms with van der Waals surface area (Å²) in [5.41, 5.74) is 2.40. The van der Waals surface area contributed by atoms with Gasteiger partial charge in [0.05, 0.1) is 11.3 Å². The van der Waals surface area contributed by atoms with E-state index in [2.05, 4.69) is 0 Å². The van der Waals surface area contributed by atoms with Crippen molar-refractivity contribution < 1.29 is 9.53 Å². The van der Waals surface area contributed by atoms with Crippen LogP contribution in [0.4, 0.5) is 0 Å². The van der Waals surface area contributed by atoms with Crippen molar-refractivity contribution >= 4 is 11.9 Å². The molecular formula is C26H22N2O3. The summed E-state index contributed by atoms with van der Waals surface area (Å²) >= 11 is 0. The zero-order valence-electron chi connectivity index (χ0n) is 17.4. The van der Waals surface area contributed by atoms with Gasteiger partial charge in [-0.2, -0.15) is 0 Å². The van der Waals surface area contributed by atoms with Crippen LogP contribution in [0.5, 0.6) is 11.5 Å². The Kier molecular flexibility index (Phi) is 5.67. The van der Waals surface area contributed by atoms with Crippen molar-refractivity contribution in [1.29, 1.82) is 0 Å². The van der Waals surface area contributed by atoms with E-state index in [9.17, 15) is 9.59 Å². The SMILES string of the molecule is Cc1c(/C=C/C(=O)c2ccc(Oc3ccccc3)cc2)c(=O)n(-c2ccccc2)n1C. The van der Waals surface area contributed by atoms with Gasteiger partial charge in [0.1, 0.15) is 11.5 Å². The highest BCUT2D eigenvalue weighted by atomic mass is 16.5. The van der Waals surface area contributed by atoms with Crippen LogP contribution >= 0.6 is 0 Å². The molecule has 0 aliphatic carbocycles. The van der Waals surface area contributed by atoms with E-state index >= 15 is 0 Å². The molecule has 0 amide bonds. The number of allylic oxidation sites excluding steroid dienone is 1. The highest BCUT2D eigenvalue weighted by molar-refractivity contribution is 6.06. The van der Waals surface area contributed by atoms with Gasteiger partial charge < -0.3 is 4.74 Å². The minimum Gasteiger partial charge on any atom is -0.457 e. The molecule has 4 aromatic rings. The first-order chi connectivity index (χ1) is 15.0. The fraction of sp³-hybridized carbons (Fsp3) is 0.0769. The van der Waals surface area contributed by atoms with Gasteiger partial charge in [-0.15, -0.1) is 0 Å². The van der Waals surface area contributed by atoms with Crippen LogP contribution in [-0.2, 0) is 7.05 Å². The number of ether oxygens (including phenoxy) is 1. The minimum atomic E-state index is -0.180. The predicted octanol–water partition coefficient (Wildman–Crippen LogP) is 5.17. The third-order valence-electron chi connectivity index (χ3n) is 5.12. The first-order valence-electron chi connectivity index (χ1n) is 9.94. The Bertz CT molecular complexity index is 1280. The largest absolute Gasteiger partial charge is 0.457 e. The molecule has 4 rings (SSSR count). The second kappa shape index (κ2) is 8.71. The average molecular weight is 410 g/mol. The molecule has 0 atom stereocenters. The molecule has 5 nitrogen and oxygen atoms in total. The van der Waals surface area contributed by atoms with Crippen molar-refractivity contribution in [1.82, 2.24) is 9.36 Å². The average Bonchev–Trinajstić information content (AvgIpc) is 3.01. The Balaban J connectivity index is 1.54. The quantitative estimate of drug-likeness (QED) is 0.325. The lowest BCUT2D eigenvalue weighted by molar-refractivity contribution is 0.104. The summed E-state index contributed by atoms with van der Waals surface area (Å²) < 4.78 is 9.14. The van der Waals surface area contributed by atoms with Crippen molar-refractivity contribution in [3.8, 4) is 17.2 Å². The second-order valence-corrected chi connectivity index (χ2v) is 7.11. The van der Waals surface area contributed by atoms with Crippen molar-refractivity contribution in [3.05, 3.63) is 118 Å². The van der Waals surface area contributed by atoms with E-state index in [1.807, 2.05) is 74.6 Å². The van der Waals surface area contributed by atoms with Crippen LogP contribution in [0.3, 0.4) is 0 Å². The van der Waals surface area contributed by atoms with Crippen LogP contribution in [0.15, 0.2) is 95.8 Å². The first-order valence-corrected chi connectivity index (χ1v) is 9.94. The van der Waals surface area contributed by atoms with Gasteiger partial charge in [0.25, 0.3) is 5.56 Å². The maximum Gasteiger partial charge on any atom is 0.278 e. The molecule has 0 aliphatic rings. The molecule has 0 N–H and O–H groups in total. The topological polar surface area (TPSA) is 53.2 Å². The Morgan fingerprint density at radius 2 is 1.42 bits per heavy atom. The Labute approximate surface area is 180 Å². The maximum absolute atomic E-state index is 12.9. The molecule has 0 unspecified atom stereocenters. The monoisotopic (exact) mass is 410 g/mol. The van der Waals surface area contributed by atoms with E-state index in [0.717, 1.165) is 17.1 Å². The fourth-order valence-corrected chi connectivity index (χ4v) is 3.35. The van der Waals surface area contributed by atoms with Gasteiger partial charge in [-0.3, -0.25) is 14.3 Å². The molecule has 1 heterocycles. The molecule has 3 aromatic carbocycles. The van der Waals surface area contributed by atoms with Crippen LogP contribution in [0, 0.1) is 6.92 Å². The van der Waals surface area contributed by atoms with Gasteiger partial charge in [0, 0.05) is 18.3 Å². The zero-order valence-corrected chi connectivity index (χ0v) is 17.4. The number of hydrogen-bond acceptors (Lipinski definition) is 3. The normalized spacial score (nSPS) is 11.0. The fourth-order valence-electron chi connectivity index (χ4n) is 3.35. The van der Waals surface area contributed by atoms with E-state index in [1.165, 1.54) is 6.08 Å². The van der Waals surface area contributed by atoms with E-state index in [4.69, 9.17) is 4.74 Å². The van der Waals surface area contributed by atoms with Gasteiger partial charge in [0.2, 0.25) is 0 Å². The highest BCUT2D eigenvalue weighted by Crippen LogP contribution is 2.21. The lowest BCUT2D eigenvalue weighted by Crippen LogP contribution is -2.20. The zero-order chi connectivity index (χ0) is 21.8.